The number of rotatable bonds is 6. The van der Waals surface area contributed by atoms with Crippen LogP contribution in [0.3, 0.4) is 0 Å². The zero-order valence-electron chi connectivity index (χ0n) is 14.9. The second-order valence-corrected chi connectivity index (χ2v) is 7.56. The molecule has 7 heteroatoms. The molecular weight excluding hydrogens is 460 g/mol. The first-order chi connectivity index (χ1) is 12.9. The molecule has 1 unspecified atom stereocenters. The van der Waals surface area contributed by atoms with Gasteiger partial charge in [-0.2, -0.15) is 0 Å². The van der Waals surface area contributed by atoms with Gasteiger partial charge >= 0.3 is 0 Å². The summed E-state index contributed by atoms with van der Waals surface area (Å²) in [5.41, 5.74) is -0.471. The van der Waals surface area contributed by atoms with Crippen LogP contribution in [0, 0.1) is 9.39 Å². The molecule has 1 atom stereocenters. The number of nitrogens with one attached hydrogen (secondary N) is 1. The lowest BCUT2D eigenvalue weighted by Crippen LogP contribution is -2.53. The van der Waals surface area contributed by atoms with Crippen LogP contribution in [0.4, 0.5) is 4.39 Å². The molecule has 0 bridgehead atoms. The van der Waals surface area contributed by atoms with Crippen LogP contribution >= 0.6 is 22.6 Å². The number of halogens is 2. The Morgan fingerprint density at radius 3 is 2.48 bits per heavy atom. The number of nitrogens with zero attached hydrogens (tertiary/aromatic N) is 2. The molecule has 0 aliphatic rings. The number of aromatic amines is 1. The Kier molecular flexibility index (Phi) is 5.79. The summed E-state index contributed by atoms with van der Waals surface area (Å²) in [6, 6.07) is 13.1. The highest BCUT2D eigenvalue weighted by Crippen LogP contribution is 2.26. The van der Waals surface area contributed by atoms with Crippen LogP contribution in [0.15, 0.2) is 60.9 Å². The first kappa shape index (κ1) is 19.3. The molecule has 3 aromatic rings. The summed E-state index contributed by atoms with van der Waals surface area (Å²) in [6.07, 6.45) is 3.70. The molecule has 0 radical (unpaired) electrons. The molecule has 0 aliphatic heterocycles. The van der Waals surface area contributed by atoms with E-state index in [9.17, 15) is 9.18 Å². The molecule has 0 aliphatic carbocycles. The van der Waals surface area contributed by atoms with Crippen LogP contribution in [0.5, 0.6) is 5.75 Å². The first-order valence-corrected chi connectivity index (χ1v) is 9.42. The van der Waals surface area contributed by atoms with E-state index in [-0.39, 0.29) is 11.7 Å². The fraction of sp³-hybridized carbons (Fsp3) is 0.200. The molecule has 3 rings (SSSR count). The van der Waals surface area contributed by atoms with E-state index in [0.717, 1.165) is 3.57 Å². The maximum atomic E-state index is 13.2. The van der Waals surface area contributed by atoms with Crippen LogP contribution in [0.25, 0.3) is 0 Å². The van der Waals surface area contributed by atoms with Gasteiger partial charge in [0.25, 0.3) is 5.91 Å². The molecular formula is C20H19FIN3O2. The lowest BCUT2D eigenvalue weighted by atomic mass is 10.1. The van der Waals surface area contributed by atoms with Gasteiger partial charge in [-0.3, -0.25) is 4.79 Å². The van der Waals surface area contributed by atoms with E-state index in [4.69, 9.17) is 4.74 Å². The summed E-state index contributed by atoms with van der Waals surface area (Å²) in [4.78, 5) is 21.9. The smallest absolute Gasteiger partial charge is 0.256 e. The minimum absolute atomic E-state index is 0.178. The van der Waals surface area contributed by atoms with Crippen molar-refractivity contribution in [3.05, 3.63) is 81.7 Å². The number of hydrogen-bond acceptors (Lipinski definition) is 3. The standard InChI is InChI=1S/C20H19FIN3O2/c1-20(13-18-23-11-12-24-18,27-17-9-5-15(21)6-10-17)25(2)19(26)14-3-7-16(22)8-4-14/h3-12H,13H2,1-2H3,(H,23,24). The number of ether oxygens (including phenoxy) is 1. The van der Waals surface area contributed by atoms with Crippen LogP contribution < -0.4 is 4.74 Å². The predicted molar refractivity (Wildman–Crippen MR) is 109 cm³/mol. The Morgan fingerprint density at radius 1 is 1.22 bits per heavy atom. The van der Waals surface area contributed by atoms with Crippen molar-refractivity contribution < 1.29 is 13.9 Å². The predicted octanol–water partition coefficient (Wildman–Crippen LogP) is 4.26. The number of carbonyl (C=O) groups is 1. The van der Waals surface area contributed by atoms with Crippen molar-refractivity contribution in [2.24, 2.45) is 0 Å². The molecule has 1 amide bonds. The van der Waals surface area contributed by atoms with Crippen LogP contribution in [-0.4, -0.2) is 33.5 Å². The third-order valence-corrected chi connectivity index (χ3v) is 5.03. The van der Waals surface area contributed by atoms with Gasteiger partial charge < -0.3 is 14.6 Å². The zero-order valence-corrected chi connectivity index (χ0v) is 17.1. The fourth-order valence-electron chi connectivity index (χ4n) is 2.69. The van der Waals surface area contributed by atoms with Crippen molar-refractivity contribution in [3.8, 4) is 5.75 Å². The highest BCUT2D eigenvalue weighted by atomic mass is 127. The lowest BCUT2D eigenvalue weighted by molar-refractivity contribution is -0.0404. The van der Waals surface area contributed by atoms with Crippen LogP contribution in [0.1, 0.15) is 23.1 Å². The molecule has 5 nitrogen and oxygen atoms in total. The number of carbonyl (C=O) groups excluding carboxylic acids is 1. The van der Waals surface area contributed by atoms with Crippen molar-refractivity contribution >= 4 is 28.5 Å². The highest BCUT2D eigenvalue weighted by molar-refractivity contribution is 14.1. The number of likely N-dealkylation sites (N-methyl/N-ethyl adjacent to an activating group) is 1. The molecule has 0 fully saturated rings. The molecule has 1 heterocycles. The molecule has 2 aromatic carbocycles. The van der Waals surface area contributed by atoms with Gasteiger partial charge in [0.05, 0.1) is 6.42 Å². The van der Waals surface area contributed by atoms with Gasteiger partial charge in [0.2, 0.25) is 0 Å². The van der Waals surface area contributed by atoms with Crippen molar-refractivity contribution in [2.45, 2.75) is 19.1 Å². The maximum Gasteiger partial charge on any atom is 0.256 e. The van der Waals surface area contributed by atoms with E-state index in [1.165, 1.54) is 12.1 Å². The van der Waals surface area contributed by atoms with Gasteiger partial charge in [-0.1, -0.05) is 0 Å². The normalized spacial score (nSPS) is 13.0. The first-order valence-electron chi connectivity index (χ1n) is 8.34. The summed E-state index contributed by atoms with van der Waals surface area (Å²) in [7, 11) is 1.69. The van der Waals surface area contributed by atoms with Crippen LogP contribution in [0.2, 0.25) is 0 Å². The second kappa shape index (κ2) is 8.08. The molecule has 140 valence electrons. The summed E-state index contributed by atoms with van der Waals surface area (Å²) >= 11 is 2.19. The number of benzene rings is 2. The Hall–Kier alpha value is -2.42. The van der Waals surface area contributed by atoms with Gasteiger partial charge in [-0.25, -0.2) is 9.37 Å². The van der Waals surface area contributed by atoms with E-state index in [0.29, 0.717) is 23.6 Å². The minimum Gasteiger partial charge on any atom is -0.468 e. The maximum absolute atomic E-state index is 13.2. The van der Waals surface area contributed by atoms with Gasteiger partial charge in [0, 0.05) is 28.6 Å². The summed E-state index contributed by atoms with van der Waals surface area (Å²) in [5, 5.41) is 0. The van der Waals surface area contributed by atoms with Crippen molar-refractivity contribution in [3.63, 3.8) is 0 Å². The Bertz CT molecular complexity index is 898. The summed E-state index contributed by atoms with van der Waals surface area (Å²) in [5.74, 6) is 0.621. The molecule has 27 heavy (non-hydrogen) atoms. The quantitative estimate of drug-likeness (QED) is 0.425. The molecule has 0 spiro atoms. The Labute approximate surface area is 170 Å². The topological polar surface area (TPSA) is 58.2 Å². The highest BCUT2D eigenvalue weighted by Gasteiger charge is 2.36. The van der Waals surface area contributed by atoms with E-state index < -0.39 is 5.72 Å². The number of imidazole rings is 1. The zero-order chi connectivity index (χ0) is 19.4. The number of aromatic nitrogens is 2. The molecule has 1 aromatic heterocycles. The minimum atomic E-state index is -1.03. The third-order valence-electron chi connectivity index (χ3n) is 4.31. The second-order valence-electron chi connectivity index (χ2n) is 6.31. The van der Waals surface area contributed by atoms with Gasteiger partial charge in [-0.15, -0.1) is 0 Å². The van der Waals surface area contributed by atoms with Crippen molar-refractivity contribution in [1.29, 1.82) is 0 Å². The summed E-state index contributed by atoms with van der Waals surface area (Å²) < 4.78 is 20.4. The SMILES string of the molecule is CN(C(=O)c1ccc(I)cc1)C(C)(Cc1ncc[nH]1)Oc1ccc(F)cc1. The molecule has 1 N–H and O–H groups in total. The molecule has 0 saturated heterocycles. The van der Waals surface area contributed by atoms with E-state index >= 15 is 0 Å². The number of amides is 1. The fourth-order valence-corrected chi connectivity index (χ4v) is 3.05. The van der Waals surface area contributed by atoms with Crippen LogP contribution in [-0.2, 0) is 6.42 Å². The van der Waals surface area contributed by atoms with Gasteiger partial charge in [0.1, 0.15) is 17.4 Å². The Morgan fingerprint density at radius 2 is 1.89 bits per heavy atom. The lowest BCUT2D eigenvalue weighted by Gasteiger charge is -2.38. The monoisotopic (exact) mass is 479 g/mol. The average Bonchev–Trinajstić information content (AvgIpc) is 3.16. The molecule has 0 saturated carbocycles. The van der Waals surface area contributed by atoms with Gasteiger partial charge in [0.15, 0.2) is 5.72 Å². The summed E-state index contributed by atoms with van der Waals surface area (Å²) in [6.45, 7) is 1.81. The van der Waals surface area contributed by atoms with Crippen molar-refractivity contribution in [2.75, 3.05) is 7.05 Å². The number of H-pyrrole nitrogens is 1. The van der Waals surface area contributed by atoms with E-state index in [1.807, 2.05) is 19.1 Å². The van der Waals surface area contributed by atoms with E-state index in [2.05, 4.69) is 32.6 Å². The Balaban J connectivity index is 1.90. The third kappa shape index (κ3) is 4.65. The number of hydrogen-bond donors (Lipinski definition) is 1. The largest absolute Gasteiger partial charge is 0.468 e. The van der Waals surface area contributed by atoms with Gasteiger partial charge in [-0.05, 0) is 78.0 Å². The van der Waals surface area contributed by atoms with E-state index in [1.54, 1.807) is 48.6 Å². The average molecular weight is 479 g/mol. The van der Waals surface area contributed by atoms with Crippen molar-refractivity contribution in [1.82, 2.24) is 14.9 Å².